The first-order chi connectivity index (χ1) is 8.61. The van der Waals surface area contributed by atoms with Crippen molar-refractivity contribution in [2.75, 3.05) is 11.9 Å². The monoisotopic (exact) mass is 265 g/mol. The molecule has 2 rings (SSSR count). The lowest BCUT2D eigenvalue weighted by atomic mass is 9.86. The van der Waals surface area contributed by atoms with Gasteiger partial charge in [-0.05, 0) is 49.8 Å². The molecule has 0 radical (unpaired) electrons. The molecule has 0 amide bonds. The van der Waals surface area contributed by atoms with Crippen molar-refractivity contribution in [1.29, 1.82) is 0 Å². The van der Waals surface area contributed by atoms with Gasteiger partial charge in [-0.15, -0.1) is 0 Å². The number of carbonyl (C=O) groups is 1. The van der Waals surface area contributed by atoms with Crippen molar-refractivity contribution in [3.05, 3.63) is 28.8 Å². The van der Waals surface area contributed by atoms with Crippen molar-refractivity contribution in [3.63, 3.8) is 0 Å². The molecule has 0 N–H and O–H groups in total. The second kappa shape index (κ2) is 5.75. The Morgan fingerprint density at radius 3 is 2.50 bits per heavy atom. The summed E-state index contributed by atoms with van der Waals surface area (Å²) in [6.45, 7) is 2.33. The molecular weight excluding hydrogens is 246 g/mol. The van der Waals surface area contributed by atoms with Crippen LogP contribution in [0, 0.1) is 5.92 Å². The van der Waals surface area contributed by atoms with Crippen LogP contribution in [0.5, 0.6) is 0 Å². The first-order valence-electron chi connectivity index (χ1n) is 6.59. The zero-order valence-corrected chi connectivity index (χ0v) is 11.8. The number of anilines is 1. The molecule has 1 saturated carbocycles. The zero-order chi connectivity index (χ0) is 13.1. The fourth-order valence-electron chi connectivity index (χ4n) is 2.67. The first-order valence-corrected chi connectivity index (χ1v) is 6.97. The first kappa shape index (κ1) is 13.4. The van der Waals surface area contributed by atoms with Crippen LogP contribution in [0.3, 0.4) is 0 Å². The number of hydrogen-bond donors (Lipinski definition) is 0. The number of rotatable bonds is 3. The van der Waals surface area contributed by atoms with Gasteiger partial charge in [0.15, 0.2) is 6.29 Å². The minimum Gasteiger partial charge on any atom is -0.372 e. The molecule has 0 saturated heterocycles. The second-order valence-corrected chi connectivity index (χ2v) is 5.76. The van der Waals surface area contributed by atoms with Gasteiger partial charge in [-0.2, -0.15) is 0 Å². The van der Waals surface area contributed by atoms with Crippen LogP contribution in [0.15, 0.2) is 18.2 Å². The van der Waals surface area contributed by atoms with Crippen molar-refractivity contribution in [3.8, 4) is 0 Å². The molecule has 0 spiro atoms. The average Bonchev–Trinajstić information content (AvgIpc) is 2.38. The molecule has 0 heterocycles. The Bertz CT molecular complexity index is 425. The van der Waals surface area contributed by atoms with Gasteiger partial charge < -0.3 is 4.90 Å². The van der Waals surface area contributed by atoms with Gasteiger partial charge in [0, 0.05) is 24.3 Å². The lowest BCUT2D eigenvalue weighted by Gasteiger charge is -2.35. The molecule has 3 heteroatoms. The molecule has 0 aromatic heterocycles. The Kier molecular flexibility index (Phi) is 4.28. The van der Waals surface area contributed by atoms with E-state index in [1.54, 1.807) is 6.07 Å². The van der Waals surface area contributed by atoms with E-state index >= 15 is 0 Å². The van der Waals surface area contributed by atoms with Gasteiger partial charge in [-0.25, -0.2) is 0 Å². The van der Waals surface area contributed by atoms with Crippen LogP contribution in [0.2, 0.25) is 5.02 Å². The Balaban J connectivity index is 2.11. The molecule has 0 bridgehead atoms. The van der Waals surface area contributed by atoms with Crippen LogP contribution < -0.4 is 4.90 Å². The number of nitrogens with zero attached hydrogens (tertiary/aromatic N) is 1. The van der Waals surface area contributed by atoms with Crippen LogP contribution in [0.4, 0.5) is 5.69 Å². The quantitative estimate of drug-likeness (QED) is 0.765. The highest BCUT2D eigenvalue weighted by molar-refractivity contribution is 6.33. The third-order valence-electron chi connectivity index (χ3n) is 4.05. The van der Waals surface area contributed by atoms with E-state index in [0.717, 1.165) is 17.9 Å². The van der Waals surface area contributed by atoms with Gasteiger partial charge in [-0.3, -0.25) is 4.79 Å². The summed E-state index contributed by atoms with van der Waals surface area (Å²) in [5, 5.41) is 0.540. The number of benzene rings is 1. The maximum Gasteiger partial charge on any atom is 0.151 e. The molecule has 1 fully saturated rings. The summed E-state index contributed by atoms with van der Waals surface area (Å²) in [7, 11) is 2.12. The molecule has 1 aliphatic rings. The lowest BCUT2D eigenvalue weighted by Crippen LogP contribution is -2.34. The van der Waals surface area contributed by atoms with E-state index in [-0.39, 0.29) is 0 Å². The molecule has 0 aliphatic heterocycles. The van der Waals surface area contributed by atoms with E-state index in [9.17, 15) is 4.79 Å². The number of hydrogen-bond acceptors (Lipinski definition) is 2. The standard InChI is InChI=1S/C15H20ClNO/c1-11-3-6-13(7-4-11)17(2)14-8-5-12(10-18)15(16)9-14/h5,8-11,13H,3-4,6-7H2,1-2H3. The predicted molar refractivity (Wildman–Crippen MR) is 76.7 cm³/mol. The summed E-state index contributed by atoms with van der Waals surface area (Å²) in [5.74, 6) is 0.857. The smallest absolute Gasteiger partial charge is 0.151 e. The van der Waals surface area contributed by atoms with E-state index in [1.807, 2.05) is 12.1 Å². The Labute approximate surface area is 114 Å². The van der Waals surface area contributed by atoms with Gasteiger partial charge in [0.05, 0.1) is 5.02 Å². The van der Waals surface area contributed by atoms with Gasteiger partial charge in [0.1, 0.15) is 0 Å². The molecular formula is C15H20ClNO. The van der Waals surface area contributed by atoms with Crippen LogP contribution in [0.25, 0.3) is 0 Å². The largest absolute Gasteiger partial charge is 0.372 e. The summed E-state index contributed by atoms with van der Waals surface area (Å²) < 4.78 is 0. The minimum absolute atomic E-state index is 0.540. The SMILES string of the molecule is CC1CCC(N(C)c2ccc(C=O)c(Cl)c2)CC1. The summed E-state index contributed by atoms with van der Waals surface area (Å²) in [6.07, 6.45) is 5.88. The predicted octanol–water partition coefficient (Wildman–Crippen LogP) is 4.17. The zero-order valence-electron chi connectivity index (χ0n) is 11.0. The Morgan fingerprint density at radius 2 is 1.94 bits per heavy atom. The molecule has 98 valence electrons. The normalized spacial score (nSPS) is 23.7. The third-order valence-corrected chi connectivity index (χ3v) is 4.38. The summed E-state index contributed by atoms with van der Waals surface area (Å²) in [5.41, 5.74) is 1.66. The summed E-state index contributed by atoms with van der Waals surface area (Å²) >= 11 is 6.08. The van der Waals surface area contributed by atoms with Crippen molar-refractivity contribution in [2.45, 2.75) is 38.6 Å². The molecule has 2 nitrogen and oxygen atoms in total. The number of halogens is 1. The van der Waals surface area contributed by atoms with E-state index in [0.29, 0.717) is 16.6 Å². The molecule has 18 heavy (non-hydrogen) atoms. The van der Waals surface area contributed by atoms with E-state index in [1.165, 1.54) is 25.7 Å². The van der Waals surface area contributed by atoms with Gasteiger partial charge in [0.2, 0.25) is 0 Å². The van der Waals surface area contributed by atoms with Crippen LogP contribution in [0.1, 0.15) is 43.0 Å². The second-order valence-electron chi connectivity index (χ2n) is 5.35. The van der Waals surface area contributed by atoms with Gasteiger partial charge in [0.25, 0.3) is 0 Å². The highest BCUT2D eigenvalue weighted by atomic mass is 35.5. The van der Waals surface area contributed by atoms with Crippen LogP contribution >= 0.6 is 11.6 Å². The van der Waals surface area contributed by atoms with Crippen molar-refractivity contribution in [1.82, 2.24) is 0 Å². The summed E-state index contributed by atoms with van der Waals surface area (Å²) in [4.78, 5) is 13.0. The van der Waals surface area contributed by atoms with Crippen molar-refractivity contribution < 1.29 is 4.79 Å². The maximum absolute atomic E-state index is 10.7. The third kappa shape index (κ3) is 2.86. The van der Waals surface area contributed by atoms with Crippen molar-refractivity contribution >= 4 is 23.6 Å². The molecule has 0 atom stereocenters. The van der Waals surface area contributed by atoms with E-state index in [2.05, 4.69) is 18.9 Å². The molecule has 1 aromatic carbocycles. The molecule has 0 unspecified atom stereocenters. The topological polar surface area (TPSA) is 20.3 Å². The number of aldehydes is 1. The Morgan fingerprint density at radius 1 is 1.28 bits per heavy atom. The minimum atomic E-state index is 0.540. The van der Waals surface area contributed by atoms with Gasteiger partial charge >= 0.3 is 0 Å². The molecule has 1 aromatic rings. The van der Waals surface area contributed by atoms with E-state index < -0.39 is 0 Å². The maximum atomic E-state index is 10.7. The fourth-order valence-corrected chi connectivity index (χ4v) is 2.89. The fraction of sp³-hybridized carbons (Fsp3) is 0.533. The molecule has 1 aliphatic carbocycles. The summed E-state index contributed by atoms with van der Waals surface area (Å²) in [6, 6.07) is 6.27. The Hall–Kier alpha value is -1.02. The van der Waals surface area contributed by atoms with Crippen molar-refractivity contribution in [2.24, 2.45) is 5.92 Å². The van der Waals surface area contributed by atoms with Crippen LogP contribution in [-0.4, -0.2) is 19.4 Å². The lowest BCUT2D eigenvalue weighted by molar-refractivity contribution is 0.112. The van der Waals surface area contributed by atoms with E-state index in [4.69, 9.17) is 11.6 Å². The highest BCUT2D eigenvalue weighted by Crippen LogP contribution is 2.30. The average molecular weight is 266 g/mol. The van der Waals surface area contributed by atoms with Gasteiger partial charge in [-0.1, -0.05) is 18.5 Å². The van der Waals surface area contributed by atoms with Crippen LogP contribution in [-0.2, 0) is 0 Å². The number of carbonyl (C=O) groups excluding carboxylic acids is 1. The highest BCUT2D eigenvalue weighted by Gasteiger charge is 2.22.